The lowest BCUT2D eigenvalue weighted by molar-refractivity contribution is 0.591. The molecule has 8 aromatic carbocycles. The Morgan fingerprint density at radius 1 is 0.442 bits per heavy atom. The molecule has 0 radical (unpaired) electrons. The van der Waals surface area contributed by atoms with Crippen LogP contribution in [0.1, 0.15) is 37.5 Å². The molecule has 0 N–H and O–H groups in total. The SMILES string of the molecule is CC(C)(C)c1cc2ccc3ccc4c5c(cc(c1)c2c35)-c1c-4c(-c2ccccc2)c2cc3c(cc2c1-c1ccccc1)C1=CC=CC2C=CC=C3C12. The van der Waals surface area contributed by atoms with Crippen LogP contribution in [0, 0.1) is 11.8 Å². The van der Waals surface area contributed by atoms with Crippen LogP contribution in [-0.2, 0) is 5.41 Å². The van der Waals surface area contributed by atoms with Crippen molar-refractivity contribution in [3.8, 4) is 44.5 Å². The zero-order chi connectivity index (χ0) is 34.5. The van der Waals surface area contributed by atoms with Crippen molar-refractivity contribution in [1.82, 2.24) is 0 Å². The second-order valence-corrected chi connectivity index (χ2v) is 16.4. The van der Waals surface area contributed by atoms with Gasteiger partial charge in [0, 0.05) is 11.8 Å². The van der Waals surface area contributed by atoms with E-state index in [1.807, 2.05) is 0 Å². The molecule has 0 saturated carbocycles. The van der Waals surface area contributed by atoms with E-state index in [9.17, 15) is 0 Å². The molecule has 0 aromatic heterocycles. The summed E-state index contributed by atoms with van der Waals surface area (Å²) in [6, 6.07) is 44.4. The fraction of sp³-hybridized carbons (Fsp3) is 0.115. The van der Waals surface area contributed by atoms with Crippen LogP contribution < -0.4 is 0 Å². The van der Waals surface area contributed by atoms with Gasteiger partial charge in [0.15, 0.2) is 0 Å². The Balaban J connectivity index is 1.31. The molecule has 0 heterocycles. The smallest absolute Gasteiger partial charge is 0.0199 e. The third-order valence-corrected chi connectivity index (χ3v) is 12.6. The summed E-state index contributed by atoms with van der Waals surface area (Å²) in [5.41, 5.74) is 17.8. The van der Waals surface area contributed by atoms with Crippen molar-refractivity contribution in [2.24, 2.45) is 11.8 Å². The quantitative estimate of drug-likeness (QED) is 0.162. The third kappa shape index (κ3) is 3.62. The predicted molar refractivity (Wildman–Crippen MR) is 223 cm³/mol. The van der Waals surface area contributed by atoms with Gasteiger partial charge in [0.25, 0.3) is 0 Å². The van der Waals surface area contributed by atoms with E-state index in [0.717, 1.165) is 0 Å². The zero-order valence-electron chi connectivity index (χ0n) is 29.6. The minimum atomic E-state index is 0.0459. The Labute approximate surface area is 304 Å². The van der Waals surface area contributed by atoms with Crippen molar-refractivity contribution in [2.45, 2.75) is 26.2 Å². The zero-order valence-corrected chi connectivity index (χ0v) is 29.6. The minimum Gasteiger partial charge on any atom is -0.0767 e. The van der Waals surface area contributed by atoms with Gasteiger partial charge >= 0.3 is 0 Å². The highest BCUT2D eigenvalue weighted by molar-refractivity contribution is 6.36. The average Bonchev–Trinajstić information content (AvgIpc) is 3.67. The van der Waals surface area contributed by atoms with Gasteiger partial charge in [-0.25, -0.2) is 0 Å². The topological polar surface area (TPSA) is 0 Å². The van der Waals surface area contributed by atoms with Crippen molar-refractivity contribution < 1.29 is 0 Å². The van der Waals surface area contributed by atoms with Gasteiger partial charge in [0.1, 0.15) is 0 Å². The molecule has 52 heavy (non-hydrogen) atoms. The van der Waals surface area contributed by atoms with Crippen molar-refractivity contribution in [3.63, 3.8) is 0 Å². The third-order valence-electron chi connectivity index (χ3n) is 12.6. The summed E-state index contributed by atoms with van der Waals surface area (Å²) in [4.78, 5) is 0. The second kappa shape index (κ2) is 9.87. The van der Waals surface area contributed by atoms with Crippen LogP contribution >= 0.6 is 0 Å². The summed E-state index contributed by atoms with van der Waals surface area (Å²) in [5.74, 6) is 0.795. The first-order chi connectivity index (χ1) is 25.4. The standard InChI is InChI=1S/C52H36/c1-52(2,3)35-24-33-21-20-32-22-23-38-49-43(26-34(25-35)44(33)48(32)49)51-47(31-14-8-5-9-15-31)42-28-40-37-19-11-17-29-16-10-18-36(45(29)37)39(40)27-41(42)46(50(38)51)30-12-6-4-7-13-30/h4-29,45H,1-3H3. The van der Waals surface area contributed by atoms with Gasteiger partial charge in [0.2, 0.25) is 0 Å². The lowest BCUT2D eigenvalue weighted by Gasteiger charge is -2.25. The highest BCUT2D eigenvalue weighted by Crippen LogP contribution is 2.61. The Morgan fingerprint density at radius 2 is 1.00 bits per heavy atom. The molecule has 244 valence electrons. The Morgan fingerprint density at radius 3 is 1.62 bits per heavy atom. The van der Waals surface area contributed by atoms with E-state index >= 15 is 0 Å². The molecule has 0 bridgehead atoms. The van der Waals surface area contributed by atoms with E-state index in [2.05, 4.69) is 172 Å². The predicted octanol–water partition coefficient (Wildman–Crippen LogP) is 14.2. The van der Waals surface area contributed by atoms with Crippen molar-refractivity contribution in [1.29, 1.82) is 0 Å². The molecule has 0 fully saturated rings. The Bertz CT molecular complexity index is 3010. The molecule has 0 saturated heterocycles. The molecule has 0 heteroatoms. The van der Waals surface area contributed by atoms with E-state index < -0.39 is 0 Å². The van der Waals surface area contributed by atoms with Gasteiger partial charge in [-0.1, -0.05) is 154 Å². The number of rotatable bonds is 2. The molecular formula is C52H36. The molecule has 4 aliphatic rings. The van der Waals surface area contributed by atoms with Crippen LogP contribution in [0.2, 0.25) is 0 Å². The number of allylic oxidation sites excluding steroid dienone is 8. The summed E-state index contributed by atoms with van der Waals surface area (Å²) in [6.07, 6.45) is 14.0. The van der Waals surface area contributed by atoms with Crippen molar-refractivity contribution in [3.05, 3.63) is 168 Å². The number of benzene rings is 8. The molecule has 2 atom stereocenters. The molecule has 12 rings (SSSR count). The first-order valence-corrected chi connectivity index (χ1v) is 18.8. The maximum atomic E-state index is 2.56. The molecule has 0 spiro atoms. The first-order valence-electron chi connectivity index (χ1n) is 18.8. The summed E-state index contributed by atoms with van der Waals surface area (Å²) in [5, 5.41) is 10.8. The van der Waals surface area contributed by atoms with Crippen LogP contribution in [0.25, 0.3) is 98.7 Å². The van der Waals surface area contributed by atoms with E-state index in [-0.39, 0.29) is 5.41 Å². The van der Waals surface area contributed by atoms with E-state index in [1.165, 1.54) is 115 Å². The van der Waals surface area contributed by atoms with Crippen LogP contribution in [0.5, 0.6) is 0 Å². The summed E-state index contributed by atoms with van der Waals surface area (Å²) >= 11 is 0. The maximum absolute atomic E-state index is 2.56. The number of fused-ring (bicyclic) bond motifs is 7. The molecule has 0 amide bonds. The highest BCUT2D eigenvalue weighted by atomic mass is 14.4. The normalized spacial score (nSPS) is 18.0. The fourth-order valence-electron chi connectivity index (χ4n) is 10.3. The number of hydrogen-bond donors (Lipinski definition) is 0. The lowest BCUT2D eigenvalue weighted by atomic mass is 9.78. The van der Waals surface area contributed by atoms with Gasteiger partial charge in [-0.15, -0.1) is 0 Å². The maximum Gasteiger partial charge on any atom is 0.0199 e. The van der Waals surface area contributed by atoms with Gasteiger partial charge in [0.05, 0.1) is 0 Å². The largest absolute Gasteiger partial charge is 0.0767 e. The molecule has 0 aliphatic heterocycles. The molecule has 4 aliphatic carbocycles. The van der Waals surface area contributed by atoms with Crippen LogP contribution in [0.4, 0.5) is 0 Å². The molecular weight excluding hydrogens is 625 g/mol. The summed E-state index contributed by atoms with van der Waals surface area (Å²) in [6.45, 7) is 7.00. The lowest BCUT2D eigenvalue weighted by Crippen LogP contribution is -2.13. The van der Waals surface area contributed by atoms with E-state index in [4.69, 9.17) is 0 Å². The highest BCUT2D eigenvalue weighted by Gasteiger charge is 2.39. The van der Waals surface area contributed by atoms with Gasteiger partial charge in [-0.2, -0.15) is 0 Å². The second-order valence-electron chi connectivity index (χ2n) is 16.4. The van der Waals surface area contributed by atoms with Gasteiger partial charge in [-0.05, 0) is 139 Å². The van der Waals surface area contributed by atoms with Crippen LogP contribution in [0.3, 0.4) is 0 Å². The van der Waals surface area contributed by atoms with Crippen molar-refractivity contribution >= 4 is 54.2 Å². The molecule has 2 unspecified atom stereocenters. The first kappa shape index (κ1) is 28.7. The molecule has 8 aromatic rings. The van der Waals surface area contributed by atoms with Crippen LogP contribution in [0.15, 0.2) is 152 Å². The summed E-state index contributed by atoms with van der Waals surface area (Å²) in [7, 11) is 0. The average molecular weight is 661 g/mol. The number of hydrogen-bond acceptors (Lipinski definition) is 0. The minimum absolute atomic E-state index is 0.0459. The monoisotopic (exact) mass is 660 g/mol. The van der Waals surface area contributed by atoms with Crippen LogP contribution in [-0.4, -0.2) is 0 Å². The van der Waals surface area contributed by atoms with Gasteiger partial charge in [-0.3, -0.25) is 0 Å². The van der Waals surface area contributed by atoms with Gasteiger partial charge < -0.3 is 0 Å². The fourth-order valence-corrected chi connectivity index (χ4v) is 10.3. The Hall–Kier alpha value is -5.98. The van der Waals surface area contributed by atoms with E-state index in [0.29, 0.717) is 11.8 Å². The summed E-state index contributed by atoms with van der Waals surface area (Å²) < 4.78 is 0. The Kier molecular flexibility index (Phi) is 5.44. The molecule has 0 nitrogen and oxygen atoms in total. The van der Waals surface area contributed by atoms with Crippen molar-refractivity contribution in [2.75, 3.05) is 0 Å². The van der Waals surface area contributed by atoms with E-state index in [1.54, 1.807) is 0 Å².